The Labute approximate surface area is 91.7 Å². The van der Waals surface area contributed by atoms with Gasteiger partial charge in [-0.05, 0) is 37.0 Å². The predicted octanol–water partition coefficient (Wildman–Crippen LogP) is 3.35. The maximum Gasteiger partial charge on any atom is 0.123 e. The predicted molar refractivity (Wildman–Crippen MR) is 62.2 cm³/mol. The van der Waals surface area contributed by atoms with E-state index in [-0.39, 0.29) is 5.82 Å². The highest BCUT2D eigenvalue weighted by atomic mass is 19.1. The van der Waals surface area contributed by atoms with Gasteiger partial charge in [-0.3, -0.25) is 0 Å². The van der Waals surface area contributed by atoms with E-state index in [1.54, 1.807) is 12.1 Å². The van der Waals surface area contributed by atoms with Crippen LogP contribution < -0.4 is 5.32 Å². The molecule has 0 aromatic heterocycles. The number of nitrogens with one attached hydrogen (secondary N) is 1. The third kappa shape index (κ3) is 4.93. The molecule has 0 saturated carbocycles. The molecule has 0 aliphatic rings. The molecular weight excluding hydrogens is 189 g/mol. The zero-order valence-electron chi connectivity index (χ0n) is 9.76. The fourth-order valence-corrected chi connectivity index (χ4v) is 1.73. The van der Waals surface area contributed by atoms with Crippen molar-refractivity contribution in [1.29, 1.82) is 0 Å². The van der Waals surface area contributed by atoms with E-state index in [1.165, 1.54) is 6.07 Å². The summed E-state index contributed by atoms with van der Waals surface area (Å²) in [5.41, 5.74) is 1.01. The van der Waals surface area contributed by atoms with Crippen molar-refractivity contribution < 1.29 is 4.39 Å². The molecule has 15 heavy (non-hydrogen) atoms. The van der Waals surface area contributed by atoms with Gasteiger partial charge in [-0.1, -0.05) is 26.0 Å². The topological polar surface area (TPSA) is 12.0 Å². The quantitative estimate of drug-likeness (QED) is 0.784. The molecule has 0 aliphatic carbocycles. The van der Waals surface area contributed by atoms with E-state index < -0.39 is 0 Å². The van der Waals surface area contributed by atoms with Gasteiger partial charge in [0.2, 0.25) is 0 Å². The second-order valence-electron chi connectivity index (χ2n) is 4.54. The third-order valence-electron chi connectivity index (χ3n) is 2.37. The van der Waals surface area contributed by atoms with Crippen molar-refractivity contribution in [3.8, 4) is 0 Å². The standard InChI is InChI=1S/C13H20FN/c1-10(2)7-11(3)15-9-12-5-4-6-13(14)8-12/h4-6,8,10-11,15H,7,9H2,1-3H3/t11-/m1/s1. The molecule has 1 N–H and O–H groups in total. The van der Waals surface area contributed by atoms with Gasteiger partial charge in [-0.15, -0.1) is 0 Å². The Morgan fingerprint density at radius 2 is 2.00 bits per heavy atom. The van der Waals surface area contributed by atoms with E-state index in [1.807, 2.05) is 6.07 Å². The second kappa shape index (κ2) is 5.86. The van der Waals surface area contributed by atoms with Crippen LogP contribution in [-0.4, -0.2) is 6.04 Å². The molecule has 0 amide bonds. The average Bonchev–Trinajstić information content (AvgIpc) is 2.14. The monoisotopic (exact) mass is 209 g/mol. The van der Waals surface area contributed by atoms with Crippen LogP contribution in [0.15, 0.2) is 24.3 Å². The Bertz CT molecular complexity index is 296. The molecule has 84 valence electrons. The van der Waals surface area contributed by atoms with Gasteiger partial charge in [0, 0.05) is 12.6 Å². The summed E-state index contributed by atoms with van der Waals surface area (Å²) in [6.07, 6.45) is 1.15. The van der Waals surface area contributed by atoms with E-state index in [2.05, 4.69) is 26.1 Å². The van der Waals surface area contributed by atoms with Gasteiger partial charge in [-0.25, -0.2) is 4.39 Å². The SMILES string of the molecule is CC(C)C[C@@H](C)NCc1cccc(F)c1. The van der Waals surface area contributed by atoms with Crippen LogP contribution >= 0.6 is 0 Å². The molecule has 1 aromatic rings. The van der Waals surface area contributed by atoms with Gasteiger partial charge in [0.25, 0.3) is 0 Å². The normalized spacial score (nSPS) is 13.1. The van der Waals surface area contributed by atoms with Crippen molar-refractivity contribution in [2.75, 3.05) is 0 Å². The number of hydrogen-bond donors (Lipinski definition) is 1. The second-order valence-corrected chi connectivity index (χ2v) is 4.54. The van der Waals surface area contributed by atoms with E-state index >= 15 is 0 Å². The molecule has 0 unspecified atom stereocenters. The first kappa shape index (κ1) is 12.2. The lowest BCUT2D eigenvalue weighted by Crippen LogP contribution is -2.26. The van der Waals surface area contributed by atoms with E-state index in [4.69, 9.17) is 0 Å². The van der Waals surface area contributed by atoms with Crippen molar-refractivity contribution in [2.45, 2.75) is 39.8 Å². The van der Waals surface area contributed by atoms with Crippen LogP contribution in [0, 0.1) is 11.7 Å². The molecule has 1 aromatic carbocycles. The summed E-state index contributed by atoms with van der Waals surface area (Å²) in [5, 5.41) is 3.39. The summed E-state index contributed by atoms with van der Waals surface area (Å²) < 4.78 is 12.9. The smallest absolute Gasteiger partial charge is 0.123 e. The molecule has 2 heteroatoms. The maximum absolute atomic E-state index is 12.9. The van der Waals surface area contributed by atoms with Crippen LogP contribution in [0.3, 0.4) is 0 Å². The first-order valence-electron chi connectivity index (χ1n) is 5.55. The Hall–Kier alpha value is -0.890. The highest BCUT2D eigenvalue weighted by Gasteiger charge is 2.04. The summed E-state index contributed by atoms with van der Waals surface area (Å²) in [4.78, 5) is 0. The Morgan fingerprint density at radius 1 is 1.27 bits per heavy atom. The van der Waals surface area contributed by atoms with E-state index in [9.17, 15) is 4.39 Å². The summed E-state index contributed by atoms with van der Waals surface area (Å²) >= 11 is 0. The lowest BCUT2D eigenvalue weighted by molar-refractivity contribution is 0.441. The van der Waals surface area contributed by atoms with Gasteiger partial charge in [0.05, 0.1) is 0 Å². The van der Waals surface area contributed by atoms with Crippen LogP contribution in [-0.2, 0) is 6.54 Å². The number of rotatable bonds is 5. The number of benzene rings is 1. The van der Waals surface area contributed by atoms with Crippen LogP contribution in [0.4, 0.5) is 4.39 Å². The Morgan fingerprint density at radius 3 is 2.60 bits per heavy atom. The van der Waals surface area contributed by atoms with Crippen molar-refractivity contribution in [1.82, 2.24) is 5.32 Å². The van der Waals surface area contributed by atoms with Gasteiger partial charge in [0.1, 0.15) is 5.82 Å². The van der Waals surface area contributed by atoms with Crippen LogP contribution in [0.2, 0.25) is 0 Å². The summed E-state index contributed by atoms with van der Waals surface area (Å²) in [5.74, 6) is 0.533. The molecule has 0 heterocycles. The molecule has 0 radical (unpaired) electrons. The first-order valence-corrected chi connectivity index (χ1v) is 5.55. The van der Waals surface area contributed by atoms with Crippen molar-refractivity contribution in [3.63, 3.8) is 0 Å². The van der Waals surface area contributed by atoms with E-state index in [0.29, 0.717) is 12.0 Å². The molecule has 1 rings (SSSR count). The lowest BCUT2D eigenvalue weighted by atomic mass is 10.1. The molecular formula is C13H20FN. The minimum atomic E-state index is -0.161. The first-order chi connectivity index (χ1) is 7.08. The summed E-state index contributed by atoms with van der Waals surface area (Å²) in [6, 6.07) is 7.22. The summed E-state index contributed by atoms with van der Waals surface area (Å²) in [6.45, 7) is 7.33. The zero-order valence-corrected chi connectivity index (χ0v) is 9.76. The molecule has 0 aliphatic heterocycles. The van der Waals surface area contributed by atoms with Crippen LogP contribution in [0.1, 0.15) is 32.8 Å². The Kier molecular flexibility index (Phi) is 4.76. The fraction of sp³-hybridized carbons (Fsp3) is 0.538. The minimum absolute atomic E-state index is 0.161. The maximum atomic E-state index is 12.9. The average molecular weight is 209 g/mol. The third-order valence-corrected chi connectivity index (χ3v) is 2.37. The number of hydrogen-bond acceptors (Lipinski definition) is 1. The molecule has 0 saturated heterocycles. The molecule has 0 fully saturated rings. The van der Waals surface area contributed by atoms with Crippen LogP contribution in [0.5, 0.6) is 0 Å². The van der Waals surface area contributed by atoms with Gasteiger partial charge in [-0.2, -0.15) is 0 Å². The highest BCUT2D eigenvalue weighted by Crippen LogP contribution is 2.06. The van der Waals surface area contributed by atoms with Crippen LogP contribution in [0.25, 0.3) is 0 Å². The fourth-order valence-electron chi connectivity index (χ4n) is 1.73. The van der Waals surface area contributed by atoms with Crippen molar-refractivity contribution in [3.05, 3.63) is 35.6 Å². The molecule has 1 atom stereocenters. The van der Waals surface area contributed by atoms with Gasteiger partial charge >= 0.3 is 0 Å². The summed E-state index contributed by atoms with van der Waals surface area (Å²) in [7, 11) is 0. The molecule has 1 nitrogen and oxygen atoms in total. The zero-order chi connectivity index (χ0) is 11.3. The molecule has 0 bridgehead atoms. The van der Waals surface area contributed by atoms with Crippen molar-refractivity contribution >= 4 is 0 Å². The van der Waals surface area contributed by atoms with Crippen molar-refractivity contribution in [2.24, 2.45) is 5.92 Å². The van der Waals surface area contributed by atoms with Gasteiger partial charge < -0.3 is 5.32 Å². The largest absolute Gasteiger partial charge is 0.310 e. The Balaban J connectivity index is 2.36. The van der Waals surface area contributed by atoms with E-state index in [0.717, 1.165) is 18.5 Å². The minimum Gasteiger partial charge on any atom is -0.310 e. The highest BCUT2D eigenvalue weighted by molar-refractivity contribution is 5.15. The number of halogens is 1. The van der Waals surface area contributed by atoms with Gasteiger partial charge in [0.15, 0.2) is 0 Å². The molecule has 0 spiro atoms. The lowest BCUT2D eigenvalue weighted by Gasteiger charge is -2.15.